The van der Waals surface area contributed by atoms with Gasteiger partial charge in [-0.05, 0) is 152 Å². The van der Waals surface area contributed by atoms with E-state index in [1.54, 1.807) is 25.7 Å². The van der Waals surface area contributed by atoms with Crippen LogP contribution in [0.4, 0.5) is 0 Å². The first-order valence-corrected chi connectivity index (χ1v) is 15.4. The molecule has 7 rings (SSSR count). The van der Waals surface area contributed by atoms with E-state index in [2.05, 4.69) is 34.6 Å². The molecule has 0 nitrogen and oxygen atoms in total. The molecule has 7 aliphatic carbocycles. The molecule has 0 N–H and O–H groups in total. The van der Waals surface area contributed by atoms with Gasteiger partial charge in [-0.25, -0.2) is 0 Å². The van der Waals surface area contributed by atoms with Gasteiger partial charge in [0.25, 0.3) is 0 Å². The molecule has 0 heterocycles. The first-order valence-electron chi connectivity index (χ1n) is 15.4. The first-order chi connectivity index (χ1) is 15.4. The molecular formula is C32H52. The highest BCUT2D eigenvalue weighted by molar-refractivity contribution is 5.32. The smallest absolute Gasteiger partial charge is 0.0312 e. The summed E-state index contributed by atoms with van der Waals surface area (Å²) in [7, 11) is 0. The van der Waals surface area contributed by atoms with E-state index < -0.39 is 0 Å². The minimum atomic E-state index is 0.924. The van der Waals surface area contributed by atoms with Crippen molar-refractivity contribution >= 4 is 0 Å². The Bertz CT molecular complexity index is 664. The monoisotopic (exact) mass is 436 g/mol. The number of hydrogen-bond donors (Lipinski definition) is 0. The fourth-order valence-electron chi connectivity index (χ4n) is 12.8. The lowest BCUT2D eigenvalue weighted by Crippen LogP contribution is -2.86. The summed E-state index contributed by atoms with van der Waals surface area (Å²) in [5.41, 5.74) is 0. The summed E-state index contributed by atoms with van der Waals surface area (Å²) >= 11 is 0. The Morgan fingerprint density at radius 1 is 0.281 bits per heavy atom. The second kappa shape index (κ2) is 7.50. The molecule has 0 aromatic heterocycles. The Hall–Kier alpha value is 0. The largest absolute Gasteiger partial charge is 0.0625 e. The van der Waals surface area contributed by atoms with Gasteiger partial charge in [0.2, 0.25) is 0 Å². The standard InChI is InChI=1S/C32H52/c1-16-6-8-21-22(9-7-17(2)13-19(4)15-20(5)14-18(3)12-16)26-25(21)29-30(26)32-28-24-11-10-23(24)27(28)31(29)32/h16-32H,6-15H2,1-5H3. The van der Waals surface area contributed by atoms with Crippen molar-refractivity contribution < 1.29 is 0 Å². The summed E-state index contributed by atoms with van der Waals surface area (Å²) in [6.07, 6.45) is 15.4. The zero-order valence-corrected chi connectivity index (χ0v) is 21.9. The zero-order chi connectivity index (χ0) is 21.9. The summed E-state index contributed by atoms with van der Waals surface area (Å²) in [5, 5.41) is 0. The Morgan fingerprint density at radius 2 is 0.531 bits per heavy atom. The van der Waals surface area contributed by atoms with Crippen LogP contribution in [0.5, 0.6) is 0 Å². The molecule has 0 heteroatoms. The van der Waals surface area contributed by atoms with Crippen molar-refractivity contribution in [1.82, 2.24) is 0 Å². The van der Waals surface area contributed by atoms with E-state index in [0.717, 1.165) is 41.4 Å². The molecule has 180 valence electrons. The fraction of sp³-hybridized carbons (Fsp3) is 1.00. The van der Waals surface area contributed by atoms with Crippen LogP contribution in [0.1, 0.15) is 98.8 Å². The van der Waals surface area contributed by atoms with Gasteiger partial charge in [0.1, 0.15) is 0 Å². The lowest BCUT2D eigenvalue weighted by atomic mass is 9.14. The van der Waals surface area contributed by atoms with Crippen molar-refractivity contribution in [3.8, 4) is 0 Å². The molecular weight excluding hydrogens is 384 g/mol. The third-order valence-corrected chi connectivity index (χ3v) is 13.6. The summed E-state index contributed by atoms with van der Waals surface area (Å²) in [6, 6.07) is 0. The van der Waals surface area contributed by atoms with E-state index in [9.17, 15) is 0 Å². The van der Waals surface area contributed by atoms with Crippen LogP contribution in [0.25, 0.3) is 0 Å². The van der Waals surface area contributed by atoms with E-state index in [-0.39, 0.29) is 0 Å². The van der Waals surface area contributed by atoms with E-state index in [4.69, 9.17) is 0 Å². The Morgan fingerprint density at radius 3 is 0.812 bits per heavy atom. The van der Waals surface area contributed by atoms with Gasteiger partial charge >= 0.3 is 0 Å². The van der Waals surface area contributed by atoms with E-state index in [1.165, 1.54) is 97.7 Å². The molecule has 0 aromatic rings. The molecule has 32 heavy (non-hydrogen) atoms. The highest BCUT2D eigenvalue weighted by Gasteiger charge is 2.85. The first kappa shape index (κ1) is 21.3. The number of hydrogen-bond acceptors (Lipinski definition) is 0. The lowest BCUT2D eigenvalue weighted by molar-refractivity contribution is -0.431. The molecule has 7 fully saturated rings. The third-order valence-electron chi connectivity index (χ3n) is 13.6. The van der Waals surface area contributed by atoms with Gasteiger partial charge < -0.3 is 0 Å². The molecule has 0 bridgehead atoms. The van der Waals surface area contributed by atoms with Crippen molar-refractivity contribution in [1.29, 1.82) is 0 Å². The van der Waals surface area contributed by atoms with Gasteiger partial charge in [-0.15, -0.1) is 0 Å². The van der Waals surface area contributed by atoms with Gasteiger partial charge in [-0.3, -0.25) is 0 Å². The van der Waals surface area contributed by atoms with Crippen LogP contribution in [0.2, 0.25) is 0 Å². The van der Waals surface area contributed by atoms with E-state index in [0.29, 0.717) is 0 Å². The maximum atomic E-state index is 2.60. The van der Waals surface area contributed by atoms with Crippen molar-refractivity contribution in [2.24, 2.45) is 101 Å². The van der Waals surface area contributed by atoms with Crippen molar-refractivity contribution in [2.75, 3.05) is 0 Å². The Balaban J connectivity index is 1.05. The second-order valence-corrected chi connectivity index (χ2v) is 15.5. The van der Waals surface area contributed by atoms with Crippen LogP contribution in [0, 0.1) is 101 Å². The van der Waals surface area contributed by atoms with Gasteiger partial charge in [-0.2, -0.15) is 0 Å². The van der Waals surface area contributed by atoms with Crippen molar-refractivity contribution in [2.45, 2.75) is 98.8 Å². The van der Waals surface area contributed by atoms with Crippen LogP contribution in [-0.4, -0.2) is 0 Å². The summed E-state index contributed by atoms with van der Waals surface area (Å²) in [4.78, 5) is 0. The van der Waals surface area contributed by atoms with Gasteiger partial charge in [0.05, 0.1) is 0 Å². The SMILES string of the molecule is CC1CCC2C(CCC(C)CC(C)CC(C)CC(C)C1)C1C2C2C1C1C3C4CCC4C3C21. The average Bonchev–Trinajstić information content (AvgIpc) is 2.67. The second-order valence-electron chi connectivity index (χ2n) is 15.5. The zero-order valence-electron chi connectivity index (χ0n) is 21.9. The minimum Gasteiger partial charge on any atom is -0.0625 e. The highest BCUT2D eigenvalue weighted by atomic mass is 14.9. The lowest BCUT2D eigenvalue weighted by Gasteiger charge is -2.90. The summed E-state index contributed by atoms with van der Waals surface area (Å²) < 4.78 is 0. The van der Waals surface area contributed by atoms with Crippen LogP contribution in [-0.2, 0) is 0 Å². The predicted octanol–water partition coefficient (Wildman–Crippen LogP) is 8.56. The van der Waals surface area contributed by atoms with Crippen LogP contribution in [0.15, 0.2) is 0 Å². The molecule has 7 aliphatic rings. The topological polar surface area (TPSA) is 0 Å². The maximum absolute atomic E-state index is 2.60. The molecule has 7 saturated carbocycles. The fourth-order valence-corrected chi connectivity index (χ4v) is 12.8. The van der Waals surface area contributed by atoms with Gasteiger partial charge in [0.15, 0.2) is 0 Å². The normalized spacial score (nSPS) is 65.3. The Labute approximate surface area is 199 Å². The number of fused-ring (bicyclic) bond motifs is 16. The minimum absolute atomic E-state index is 0.924. The Kier molecular flexibility index (Phi) is 4.99. The van der Waals surface area contributed by atoms with E-state index in [1.807, 2.05) is 0 Å². The molecule has 0 radical (unpaired) electrons. The van der Waals surface area contributed by atoms with Gasteiger partial charge in [-0.1, -0.05) is 47.5 Å². The molecule has 0 amide bonds. The molecule has 16 atom stereocenters. The summed E-state index contributed by atoms with van der Waals surface area (Å²) in [6.45, 7) is 12.9. The third kappa shape index (κ3) is 2.80. The molecule has 0 saturated heterocycles. The maximum Gasteiger partial charge on any atom is -0.0312 e. The molecule has 16 unspecified atom stereocenters. The quantitative estimate of drug-likeness (QED) is 0.334. The van der Waals surface area contributed by atoms with Crippen molar-refractivity contribution in [3.05, 3.63) is 0 Å². The van der Waals surface area contributed by atoms with Crippen molar-refractivity contribution in [3.63, 3.8) is 0 Å². The van der Waals surface area contributed by atoms with Crippen LogP contribution < -0.4 is 0 Å². The molecule has 0 aromatic carbocycles. The van der Waals surface area contributed by atoms with Crippen LogP contribution in [0.3, 0.4) is 0 Å². The molecule has 0 aliphatic heterocycles. The average molecular weight is 437 g/mol. The predicted molar refractivity (Wildman–Crippen MR) is 134 cm³/mol. The number of rotatable bonds is 0. The van der Waals surface area contributed by atoms with Crippen LogP contribution >= 0.6 is 0 Å². The van der Waals surface area contributed by atoms with Gasteiger partial charge in [0, 0.05) is 0 Å². The van der Waals surface area contributed by atoms with E-state index >= 15 is 0 Å². The molecule has 0 spiro atoms. The summed E-state index contributed by atoms with van der Waals surface area (Å²) in [5.74, 6) is 19.4. The highest BCUT2D eigenvalue weighted by Crippen LogP contribution is 2.89.